The van der Waals surface area contributed by atoms with Crippen molar-refractivity contribution in [2.75, 3.05) is 6.54 Å². The highest BCUT2D eigenvalue weighted by Gasteiger charge is 2.31. The highest BCUT2D eigenvalue weighted by Crippen LogP contribution is 2.32. The van der Waals surface area contributed by atoms with E-state index >= 15 is 0 Å². The van der Waals surface area contributed by atoms with Gasteiger partial charge in [-0.25, -0.2) is 0 Å². The third kappa shape index (κ3) is 2.58. The molecule has 1 aliphatic rings. The number of amides is 1. The fraction of sp³-hybridized carbons (Fsp3) is 0.333. The fourth-order valence-electron chi connectivity index (χ4n) is 2.34. The molecule has 1 amide bonds. The molecule has 1 unspecified atom stereocenters. The first kappa shape index (κ1) is 12.1. The number of carbonyl (C=O) groups is 1. The molecule has 1 aliphatic carbocycles. The van der Waals surface area contributed by atoms with Gasteiger partial charge in [0.2, 0.25) is 0 Å². The summed E-state index contributed by atoms with van der Waals surface area (Å²) in [6.07, 6.45) is 4.09. The van der Waals surface area contributed by atoms with E-state index in [-0.39, 0.29) is 11.9 Å². The van der Waals surface area contributed by atoms with Crippen LogP contribution in [0.5, 0.6) is 0 Å². The third-order valence-corrected chi connectivity index (χ3v) is 3.63. The molecule has 0 bridgehead atoms. The maximum absolute atomic E-state index is 12.2. The van der Waals surface area contributed by atoms with E-state index in [1.54, 1.807) is 6.20 Å². The van der Waals surface area contributed by atoms with Gasteiger partial charge in [0.05, 0.1) is 5.52 Å². The number of pyridine rings is 1. The number of hydrogen-bond acceptors (Lipinski definition) is 3. The van der Waals surface area contributed by atoms with Gasteiger partial charge in [-0.1, -0.05) is 6.07 Å². The van der Waals surface area contributed by atoms with E-state index in [1.807, 2.05) is 30.3 Å². The first-order valence-electron chi connectivity index (χ1n) is 6.63. The summed E-state index contributed by atoms with van der Waals surface area (Å²) in [5, 5.41) is 4.00. The summed E-state index contributed by atoms with van der Waals surface area (Å²) in [5.74, 6) is 0.518. The molecule has 1 saturated carbocycles. The SMILES string of the molecule is NCC(NC(=O)c1ccc2ncccc2c1)C1CC1. The Morgan fingerprint density at radius 1 is 1.42 bits per heavy atom. The van der Waals surface area contributed by atoms with Gasteiger partial charge in [-0.2, -0.15) is 0 Å². The second-order valence-corrected chi connectivity index (χ2v) is 5.06. The van der Waals surface area contributed by atoms with E-state index in [9.17, 15) is 4.79 Å². The molecule has 19 heavy (non-hydrogen) atoms. The van der Waals surface area contributed by atoms with E-state index in [1.165, 1.54) is 12.8 Å². The van der Waals surface area contributed by atoms with Crippen LogP contribution in [0.4, 0.5) is 0 Å². The molecule has 3 N–H and O–H groups in total. The molecule has 1 aromatic carbocycles. The molecule has 0 spiro atoms. The largest absolute Gasteiger partial charge is 0.348 e. The van der Waals surface area contributed by atoms with E-state index in [0.717, 1.165) is 10.9 Å². The highest BCUT2D eigenvalue weighted by atomic mass is 16.1. The van der Waals surface area contributed by atoms with Gasteiger partial charge in [-0.05, 0) is 43.0 Å². The molecule has 3 rings (SSSR count). The average molecular weight is 255 g/mol. The van der Waals surface area contributed by atoms with Gasteiger partial charge in [-0.15, -0.1) is 0 Å². The maximum Gasteiger partial charge on any atom is 0.251 e. The standard InChI is InChI=1S/C15H17N3O/c16-9-14(10-3-4-10)18-15(19)12-5-6-13-11(8-12)2-1-7-17-13/h1-2,5-8,10,14H,3-4,9,16H2,(H,18,19). The predicted octanol–water partition coefficient (Wildman–Crippen LogP) is 1.70. The van der Waals surface area contributed by atoms with E-state index < -0.39 is 0 Å². The van der Waals surface area contributed by atoms with Crippen molar-refractivity contribution in [3.05, 3.63) is 42.1 Å². The van der Waals surface area contributed by atoms with Crippen LogP contribution < -0.4 is 11.1 Å². The Bertz CT molecular complexity index is 607. The Balaban J connectivity index is 1.80. The number of hydrogen-bond donors (Lipinski definition) is 2. The van der Waals surface area contributed by atoms with Crippen molar-refractivity contribution in [1.82, 2.24) is 10.3 Å². The summed E-state index contributed by atoms with van der Waals surface area (Å²) >= 11 is 0. The van der Waals surface area contributed by atoms with Gasteiger partial charge in [0.1, 0.15) is 0 Å². The smallest absolute Gasteiger partial charge is 0.251 e. The molecule has 1 heterocycles. The Hall–Kier alpha value is -1.94. The van der Waals surface area contributed by atoms with Crippen LogP contribution in [0.3, 0.4) is 0 Å². The molecule has 0 aliphatic heterocycles. The number of nitrogens with two attached hydrogens (primary N) is 1. The van der Waals surface area contributed by atoms with Crippen molar-refractivity contribution in [2.45, 2.75) is 18.9 Å². The maximum atomic E-state index is 12.2. The van der Waals surface area contributed by atoms with Crippen LogP contribution in [-0.2, 0) is 0 Å². The summed E-state index contributed by atoms with van der Waals surface area (Å²) in [6, 6.07) is 9.50. The third-order valence-electron chi connectivity index (χ3n) is 3.63. The molecule has 1 aromatic heterocycles. The predicted molar refractivity (Wildman–Crippen MR) is 74.8 cm³/mol. The van der Waals surface area contributed by atoms with Gasteiger partial charge in [-0.3, -0.25) is 9.78 Å². The van der Waals surface area contributed by atoms with Crippen molar-refractivity contribution in [3.8, 4) is 0 Å². The zero-order valence-electron chi connectivity index (χ0n) is 10.7. The first-order valence-corrected chi connectivity index (χ1v) is 6.63. The average Bonchev–Trinajstić information content (AvgIpc) is 3.28. The summed E-state index contributed by atoms with van der Waals surface area (Å²) in [7, 11) is 0. The highest BCUT2D eigenvalue weighted by molar-refractivity contribution is 5.98. The number of carbonyl (C=O) groups excluding carboxylic acids is 1. The van der Waals surface area contributed by atoms with E-state index in [4.69, 9.17) is 5.73 Å². The first-order chi connectivity index (χ1) is 9.28. The Labute approximate surface area is 112 Å². The lowest BCUT2D eigenvalue weighted by Gasteiger charge is -2.16. The number of rotatable bonds is 4. The van der Waals surface area contributed by atoms with Crippen LogP contribution in [0.15, 0.2) is 36.5 Å². The quantitative estimate of drug-likeness (QED) is 0.873. The van der Waals surface area contributed by atoms with E-state index in [0.29, 0.717) is 18.0 Å². The molecule has 4 heteroatoms. The monoisotopic (exact) mass is 255 g/mol. The molecule has 0 saturated heterocycles. The summed E-state index contributed by atoms with van der Waals surface area (Å²) in [6.45, 7) is 0.505. The second kappa shape index (κ2) is 4.97. The number of aromatic nitrogens is 1. The van der Waals surface area contributed by atoms with Gasteiger partial charge in [0, 0.05) is 29.7 Å². The van der Waals surface area contributed by atoms with Crippen molar-refractivity contribution in [3.63, 3.8) is 0 Å². The van der Waals surface area contributed by atoms with E-state index in [2.05, 4.69) is 10.3 Å². The van der Waals surface area contributed by atoms with Crippen molar-refractivity contribution in [1.29, 1.82) is 0 Å². The molecular weight excluding hydrogens is 238 g/mol. The topological polar surface area (TPSA) is 68.0 Å². The summed E-state index contributed by atoms with van der Waals surface area (Å²) in [4.78, 5) is 16.4. The Morgan fingerprint density at radius 2 is 2.26 bits per heavy atom. The van der Waals surface area contributed by atoms with Gasteiger partial charge < -0.3 is 11.1 Å². The normalized spacial score (nSPS) is 16.3. The lowest BCUT2D eigenvalue weighted by atomic mass is 10.1. The van der Waals surface area contributed by atoms with Crippen LogP contribution in [-0.4, -0.2) is 23.5 Å². The van der Waals surface area contributed by atoms with Crippen molar-refractivity contribution < 1.29 is 4.79 Å². The lowest BCUT2D eigenvalue weighted by molar-refractivity contribution is 0.0933. The number of nitrogens with one attached hydrogen (secondary N) is 1. The molecular formula is C15H17N3O. The number of benzene rings is 1. The van der Waals surface area contributed by atoms with Crippen LogP contribution in [0.25, 0.3) is 10.9 Å². The molecule has 1 atom stereocenters. The molecule has 0 radical (unpaired) electrons. The molecule has 2 aromatic rings. The fourth-order valence-corrected chi connectivity index (χ4v) is 2.34. The minimum absolute atomic E-state index is 0.0481. The van der Waals surface area contributed by atoms with Gasteiger partial charge in [0.25, 0.3) is 5.91 Å². The summed E-state index contributed by atoms with van der Waals surface area (Å²) < 4.78 is 0. The lowest BCUT2D eigenvalue weighted by Crippen LogP contribution is -2.41. The summed E-state index contributed by atoms with van der Waals surface area (Å²) in [5.41, 5.74) is 7.27. The van der Waals surface area contributed by atoms with Crippen molar-refractivity contribution in [2.24, 2.45) is 11.7 Å². The van der Waals surface area contributed by atoms with Gasteiger partial charge in [0.15, 0.2) is 0 Å². The van der Waals surface area contributed by atoms with Crippen molar-refractivity contribution >= 4 is 16.8 Å². The van der Waals surface area contributed by atoms with Crippen LogP contribution >= 0.6 is 0 Å². The second-order valence-electron chi connectivity index (χ2n) is 5.06. The molecule has 1 fully saturated rings. The molecule has 4 nitrogen and oxygen atoms in total. The number of fused-ring (bicyclic) bond motifs is 1. The van der Waals surface area contributed by atoms with Crippen LogP contribution in [0.1, 0.15) is 23.2 Å². The minimum Gasteiger partial charge on any atom is -0.348 e. The van der Waals surface area contributed by atoms with Crippen LogP contribution in [0, 0.1) is 5.92 Å². The minimum atomic E-state index is -0.0481. The Morgan fingerprint density at radius 3 is 3.00 bits per heavy atom. The Kier molecular flexibility index (Phi) is 3.17. The molecule has 98 valence electrons. The van der Waals surface area contributed by atoms with Crippen LogP contribution in [0.2, 0.25) is 0 Å². The zero-order valence-corrected chi connectivity index (χ0v) is 10.7. The van der Waals surface area contributed by atoms with Gasteiger partial charge >= 0.3 is 0 Å². The zero-order chi connectivity index (χ0) is 13.2. The number of nitrogens with zero attached hydrogens (tertiary/aromatic N) is 1.